The van der Waals surface area contributed by atoms with Gasteiger partial charge in [-0.25, -0.2) is 0 Å². The van der Waals surface area contributed by atoms with E-state index in [1.54, 1.807) is 6.29 Å². The number of carbonyl (C=O) groups excluding carboxylic acids is 1. The van der Waals surface area contributed by atoms with Gasteiger partial charge in [0.1, 0.15) is 0 Å². The van der Waals surface area contributed by atoms with Crippen molar-refractivity contribution in [3.05, 3.63) is 0 Å². The summed E-state index contributed by atoms with van der Waals surface area (Å²) in [6.45, 7) is 5.38. The zero-order valence-corrected chi connectivity index (χ0v) is 11.5. The molecule has 0 bridgehead atoms. The molecule has 5 heteroatoms. The van der Waals surface area contributed by atoms with Gasteiger partial charge in [-0.15, -0.1) is 6.42 Å². The van der Waals surface area contributed by atoms with Crippen LogP contribution in [-0.2, 0) is 51.7 Å². The van der Waals surface area contributed by atoms with Crippen LogP contribution in [0.3, 0.4) is 0 Å². The monoisotopic (exact) mass is 278 g/mol. The fourth-order valence-corrected chi connectivity index (χ4v) is 0.698. The maximum absolute atomic E-state index is 9.76. The minimum Gasteiger partial charge on any atom is -0.542 e. The van der Waals surface area contributed by atoms with Crippen molar-refractivity contribution in [3.8, 4) is 0 Å². The summed E-state index contributed by atoms with van der Waals surface area (Å²) in [7, 11) is 0. The molecular formula is C9H17O4Y-. The second kappa shape index (κ2) is 16.1. The van der Waals surface area contributed by atoms with Gasteiger partial charge >= 0.3 is 0 Å². The molecule has 0 aliphatic carbocycles. The van der Waals surface area contributed by atoms with Crippen molar-refractivity contribution in [2.45, 2.75) is 13.3 Å². The first-order chi connectivity index (χ1) is 6.41. The molecule has 0 atom stereocenters. The molecular weight excluding hydrogens is 261 g/mol. The Labute approximate surface area is 111 Å². The Kier molecular flexibility index (Phi) is 19.6. The van der Waals surface area contributed by atoms with E-state index in [0.717, 1.165) is 6.61 Å². The van der Waals surface area contributed by atoms with Crippen LogP contribution in [0.5, 0.6) is 0 Å². The predicted octanol–water partition coefficient (Wildman–Crippen LogP) is 0.553. The van der Waals surface area contributed by atoms with E-state index >= 15 is 0 Å². The number of hydrogen-bond donors (Lipinski definition) is 0. The summed E-state index contributed by atoms with van der Waals surface area (Å²) in [4.78, 5) is 9.76. The van der Waals surface area contributed by atoms with E-state index in [-0.39, 0.29) is 32.7 Å². The summed E-state index contributed by atoms with van der Waals surface area (Å²) in [5.74, 6) is 0. The van der Waals surface area contributed by atoms with E-state index < -0.39 is 0 Å². The Bertz CT molecular complexity index is 111. The summed E-state index contributed by atoms with van der Waals surface area (Å²) in [6.07, 6.45) is 2.08. The zero-order chi connectivity index (χ0) is 9.78. The normalized spacial score (nSPS) is 9.50. The van der Waals surface area contributed by atoms with E-state index in [1.807, 2.05) is 6.92 Å². The van der Waals surface area contributed by atoms with Gasteiger partial charge in [-0.2, -0.15) is 0 Å². The molecule has 0 saturated carbocycles. The van der Waals surface area contributed by atoms with Crippen molar-refractivity contribution in [3.63, 3.8) is 0 Å². The van der Waals surface area contributed by atoms with Crippen LogP contribution in [-0.4, -0.2) is 45.9 Å². The van der Waals surface area contributed by atoms with Crippen molar-refractivity contribution in [2.75, 3.05) is 39.6 Å². The molecule has 0 aromatic heterocycles. The maximum atomic E-state index is 9.76. The molecule has 1 radical (unpaired) electrons. The van der Waals surface area contributed by atoms with E-state index in [0.29, 0.717) is 39.5 Å². The van der Waals surface area contributed by atoms with Gasteiger partial charge in [-0.1, -0.05) is 0 Å². The van der Waals surface area contributed by atoms with Gasteiger partial charge < -0.3 is 19.0 Å². The molecule has 0 fully saturated rings. The summed E-state index contributed by atoms with van der Waals surface area (Å²) in [6, 6.07) is 0. The quantitative estimate of drug-likeness (QED) is 0.432. The molecule has 0 aliphatic rings. The van der Waals surface area contributed by atoms with Gasteiger partial charge in [-0.3, -0.25) is 6.29 Å². The van der Waals surface area contributed by atoms with Gasteiger partial charge in [0, 0.05) is 45.9 Å². The van der Waals surface area contributed by atoms with Gasteiger partial charge in [0.05, 0.1) is 26.4 Å². The van der Waals surface area contributed by atoms with E-state index in [4.69, 9.17) is 14.2 Å². The minimum absolute atomic E-state index is 0. The first-order valence-electron chi connectivity index (χ1n) is 4.50. The standard InChI is InChI=1S/C9H17O4.Y/c1-2-11-6-7-13-9-8-12-5-3-4-10;/h2-3,5-9H2,1H3;/q-1;. The van der Waals surface area contributed by atoms with Crippen LogP contribution in [0.1, 0.15) is 13.3 Å². The smallest absolute Gasteiger partial charge is 0.0701 e. The minimum atomic E-state index is 0. The molecule has 0 spiro atoms. The average molecular weight is 278 g/mol. The van der Waals surface area contributed by atoms with Gasteiger partial charge in [-0.05, 0) is 6.92 Å². The van der Waals surface area contributed by atoms with Crippen molar-refractivity contribution in [1.82, 2.24) is 0 Å². The van der Waals surface area contributed by atoms with E-state index in [2.05, 4.69) is 0 Å². The van der Waals surface area contributed by atoms with Crippen LogP contribution in [0.2, 0.25) is 0 Å². The fraction of sp³-hybridized carbons (Fsp3) is 0.889. The van der Waals surface area contributed by atoms with Crippen LogP contribution >= 0.6 is 0 Å². The second-order valence-electron chi connectivity index (χ2n) is 2.32. The van der Waals surface area contributed by atoms with Crippen molar-refractivity contribution < 1.29 is 51.7 Å². The fourth-order valence-electron chi connectivity index (χ4n) is 0.698. The van der Waals surface area contributed by atoms with Crippen LogP contribution < -0.4 is 0 Å². The molecule has 0 rings (SSSR count). The number of hydrogen-bond acceptors (Lipinski definition) is 4. The third-order valence-corrected chi connectivity index (χ3v) is 1.30. The Hall–Kier alpha value is 0.654. The first kappa shape index (κ1) is 17.1. The molecule has 4 nitrogen and oxygen atoms in total. The van der Waals surface area contributed by atoms with Gasteiger partial charge in [0.2, 0.25) is 0 Å². The largest absolute Gasteiger partial charge is 0.542 e. The topological polar surface area (TPSA) is 44.8 Å². The van der Waals surface area contributed by atoms with Crippen LogP contribution in [0.4, 0.5) is 0 Å². The third-order valence-electron chi connectivity index (χ3n) is 1.30. The van der Waals surface area contributed by atoms with Gasteiger partial charge in [0.25, 0.3) is 0 Å². The van der Waals surface area contributed by atoms with E-state index in [1.165, 1.54) is 0 Å². The summed E-state index contributed by atoms with van der Waals surface area (Å²) < 4.78 is 15.3. The molecule has 14 heavy (non-hydrogen) atoms. The third kappa shape index (κ3) is 15.1. The Balaban J connectivity index is 0. The molecule has 0 N–H and O–H groups in total. The molecule has 0 aromatic rings. The van der Waals surface area contributed by atoms with Crippen molar-refractivity contribution in [1.29, 1.82) is 0 Å². The SMILES string of the molecule is CCOCCOCCOCC[C-]=O.[Y]. The molecule has 81 valence electrons. The Morgan fingerprint density at radius 3 is 1.93 bits per heavy atom. The zero-order valence-electron chi connectivity index (χ0n) is 8.66. The second-order valence-corrected chi connectivity index (χ2v) is 2.32. The van der Waals surface area contributed by atoms with Gasteiger partial charge in [0.15, 0.2) is 0 Å². The van der Waals surface area contributed by atoms with Crippen LogP contribution in [0.15, 0.2) is 0 Å². The summed E-state index contributed by atoms with van der Waals surface area (Å²) >= 11 is 0. The summed E-state index contributed by atoms with van der Waals surface area (Å²) in [5, 5.41) is 0. The molecule has 0 aliphatic heterocycles. The number of rotatable bonds is 10. The van der Waals surface area contributed by atoms with Crippen molar-refractivity contribution in [2.24, 2.45) is 0 Å². The first-order valence-corrected chi connectivity index (χ1v) is 4.50. The Morgan fingerprint density at radius 1 is 0.929 bits per heavy atom. The molecule has 0 amide bonds. The molecule has 0 aromatic carbocycles. The van der Waals surface area contributed by atoms with E-state index in [9.17, 15) is 4.79 Å². The summed E-state index contributed by atoms with van der Waals surface area (Å²) in [5.41, 5.74) is 0. The van der Waals surface area contributed by atoms with Crippen molar-refractivity contribution >= 4 is 6.29 Å². The molecule has 0 unspecified atom stereocenters. The molecule has 0 heterocycles. The molecule has 0 saturated heterocycles. The maximum Gasteiger partial charge on any atom is 0.0701 e. The average Bonchev–Trinajstić information content (AvgIpc) is 2.16. The van der Waals surface area contributed by atoms with Crippen LogP contribution in [0.25, 0.3) is 0 Å². The predicted molar refractivity (Wildman–Crippen MR) is 48.4 cm³/mol. The Morgan fingerprint density at radius 2 is 1.43 bits per heavy atom. The number of ether oxygens (including phenoxy) is 3. The van der Waals surface area contributed by atoms with Crippen LogP contribution in [0, 0.1) is 0 Å².